The van der Waals surface area contributed by atoms with Crippen molar-refractivity contribution in [1.82, 2.24) is 0 Å². The molecule has 0 aliphatic carbocycles. The highest BCUT2D eigenvalue weighted by molar-refractivity contribution is 6.04. The molecule has 1 N–H and O–H groups in total. The van der Waals surface area contributed by atoms with Gasteiger partial charge in [0.1, 0.15) is 0 Å². The molecule has 0 saturated heterocycles. The minimum absolute atomic E-state index is 0.0587. The van der Waals surface area contributed by atoms with Crippen LogP contribution in [0.5, 0.6) is 0 Å². The predicted octanol–water partition coefficient (Wildman–Crippen LogP) is 2.82. The van der Waals surface area contributed by atoms with E-state index in [-0.39, 0.29) is 22.5 Å². The maximum absolute atomic E-state index is 12.1. The highest BCUT2D eigenvalue weighted by Crippen LogP contribution is 2.18. The zero-order valence-electron chi connectivity index (χ0n) is 15.0. The van der Waals surface area contributed by atoms with E-state index in [2.05, 4.69) is 14.8 Å². The summed E-state index contributed by atoms with van der Waals surface area (Å²) in [4.78, 5) is 45.9. The van der Waals surface area contributed by atoms with Gasteiger partial charge in [0.2, 0.25) is 5.91 Å². The van der Waals surface area contributed by atoms with Crippen LogP contribution in [0.3, 0.4) is 0 Å². The summed E-state index contributed by atoms with van der Waals surface area (Å²) in [7, 11) is 2.38. The van der Waals surface area contributed by atoms with Gasteiger partial charge >= 0.3 is 11.9 Å². The minimum Gasteiger partial charge on any atom is -0.465 e. The van der Waals surface area contributed by atoms with E-state index in [0.717, 1.165) is 0 Å². The monoisotopic (exact) mass is 384 g/mol. The van der Waals surface area contributed by atoms with E-state index in [4.69, 9.17) is 0 Å². The van der Waals surface area contributed by atoms with E-state index in [1.54, 1.807) is 6.07 Å². The number of methoxy groups -OCH3 is 2. The van der Waals surface area contributed by atoms with Crippen LogP contribution in [0.4, 0.5) is 11.4 Å². The zero-order valence-corrected chi connectivity index (χ0v) is 15.0. The summed E-state index contributed by atoms with van der Waals surface area (Å²) in [6, 6.07) is 9.73. The van der Waals surface area contributed by atoms with Gasteiger partial charge < -0.3 is 14.8 Å². The fourth-order valence-electron chi connectivity index (χ4n) is 2.27. The largest absolute Gasteiger partial charge is 0.465 e. The second-order valence-corrected chi connectivity index (χ2v) is 5.46. The molecule has 0 saturated carbocycles. The average Bonchev–Trinajstić information content (AvgIpc) is 2.70. The molecule has 0 aliphatic heterocycles. The van der Waals surface area contributed by atoms with Crippen molar-refractivity contribution in [2.24, 2.45) is 0 Å². The van der Waals surface area contributed by atoms with Crippen molar-refractivity contribution < 1.29 is 28.8 Å². The molecule has 2 aromatic rings. The second kappa shape index (κ2) is 9.08. The summed E-state index contributed by atoms with van der Waals surface area (Å²) in [6.45, 7) is 0. The number of ether oxygens (including phenoxy) is 2. The standard InChI is InChI=1S/C19H16N2O7/c1-27-18(23)13-9-14(19(24)28-2)11-15(10-13)20-17(22)7-6-12-4-3-5-16(8-12)21(25)26/h3-11H,1-2H3,(H,20,22)/b7-6+. The Morgan fingerprint density at radius 3 is 2.14 bits per heavy atom. The Balaban J connectivity index is 2.22. The Hall–Kier alpha value is -4.01. The van der Waals surface area contributed by atoms with Crippen molar-refractivity contribution in [1.29, 1.82) is 0 Å². The summed E-state index contributed by atoms with van der Waals surface area (Å²) in [5, 5.41) is 13.3. The third-order valence-electron chi connectivity index (χ3n) is 3.55. The first-order valence-corrected chi connectivity index (χ1v) is 7.89. The lowest BCUT2D eigenvalue weighted by Gasteiger charge is -2.08. The minimum atomic E-state index is -0.687. The Labute approximate surface area is 159 Å². The van der Waals surface area contributed by atoms with Crippen molar-refractivity contribution in [2.75, 3.05) is 19.5 Å². The zero-order chi connectivity index (χ0) is 20.7. The van der Waals surface area contributed by atoms with Gasteiger partial charge in [-0.2, -0.15) is 0 Å². The second-order valence-electron chi connectivity index (χ2n) is 5.46. The van der Waals surface area contributed by atoms with Gasteiger partial charge in [-0.15, -0.1) is 0 Å². The smallest absolute Gasteiger partial charge is 0.337 e. The molecule has 28 heavy (non-hydrogen) atoms. The maximum atomic E-state index is 12.1. The van der Waals surface area contributed by atoms with E-state index in [0.29, 0.717) is 5.56 Å². The van der Waals surface area contributed by atoms with Crippen LogP contribution in [-0.4, -0.2) is 37.0 Å². The Morgan fingerprint density at radius 1 is 1.00 bits per heavy atom. The third-order valence-corrected chi connectivity index (χ3v) is 3.55. The van der Waals surface area contributed by atoms with Crippen molar-refractivity contribution in [3.63, 3.8) is 0 Å². The lowest BCUT2D eigenvalue weighted by atomic mass is 10.1. The van der Waals surface area contributed by atoms with E-state index in [1.807, 2.05) is 0 Å². The maximum Gasteiger partial charge on any atom is 0.337 e. The highest BCUT2D eigenvalue weighted by atomic mass is 16.6. The van der Waals surface area contributed by atoms with Gasteiger partial charge in [-0.1, -0.05) is 12.1 Å². The number of nitro benzene ring substituents is 1. The van der Waals surface area contributed by atoms with Gasteiger partial charge in [-0.25, -0.2) is 9.59 Å². The van der Waals surface area contributed by atoms with Gasteiger partial charge in [0.25, 0.3) is 5.69 Å². The molecule has 0 heterocycles. The molecular formula is C19H16N2O7. The van der Waals surface area contributed by atoms with Crippen molar-refractivity contribution >= 4 is 35.3 Å². The van der Waals surface area contributed by atoms with Gasteiger partial charge in [0.15, 0.2) is 0 Å². The van der Waals surface area contributed by atoms with Crippen LogP contribution in [0.25, 0.3) is 6.08 Å². The van der Waals surface area contributed by atoms with Crippen molar-refractivity contribution in [3.8, 4) is 0 Å². The topological polar surface area (TPSA) is 125 Å². The number of esters is 2. The molecule has 0 fully saturated rings. The number of carbonyl (C=O) groups excluding carboxylic acids is 3. The molecule has 0 radical (unpaired) electrons. The summed E-state index contributed by atoms with van der Waals surface area (Å²) in [6.07, 6.45) is 2.56. The molecule has 144 valence electrons. The van der Waals surface area contributed by atoms with Gasteiger partial charge in [0.05, 0.1) is 30.3 Å². The number of nitrogens with one attached hydrogen (secondary N) is 1. The lowest BCUT2D eigenvalue weighted by molar-refractivity contribution is -0.384. The van der Waals surface area contributed by atoms with Crippen LogP contribution in [0, 0.1) is 10.1 Å². The van der Waals surface area contributed by atoms with Crippen molar-refractivity contribution in [2.45, 2.75) is 0 Å². The Kier molecular flexibility index (Phi) is 6.58. The molecule has 1 amide bonds. The molecular weight excluding hydrogens is 368 g/mol. The predicted molar refractivity (Wildman–Crippen MR) is 99.9 cm³/mol. The molecule has 9 heteroatoms. The number of rotatable bonds is 6. The number of nitro groups is 1. The van der Waals surface area contributed by atoms with E-state index >= 15 is 0 Å². The molecule has 9 nitrogen and oxygen atoms in total. The first-order chi connectivity index (χ1) is 13.3. The number of amides is 1. The highest BCUT2D eigenvalue weighted by Gasteiger charge is 2.14. The Morgan fingerprint density at radius 2 is 1.61 bits per heavy atom. The summed E-state index contributed by atoms with van der Waals surface area (Å²) in [5.41, 5.74) is 0.655. The van der Waals surface area contributed by atoms with Crippen LogP contribution in [-0.2, 0) is 14.3 Å². The van der Waals surface area contributed by atoms with Crippen LogP contribution < -0.4 is 5.32 Å². The molecule has 0 unspecified atom stereocenters. The van der Waals surface area contributed by atoms with Crippen LogP contribution in [0.15, 0.2) is 48.5 Å². The van der Waals surface area contributed by atoms with Crippen molar-refractivity contribution in [3.05, 3.63) is 75.3 Å². The normalized spacial score (nSPS) is 10.4. The molecule has 0 bridgehead atoms. The van der Waals surface area contributed by atoms with Crippen LogP contribution in [0.2, 0.25) is 0 Å². The van der Waals surface area contributed by atoms with Gasteiger partial charge in [0, 0.05) is 23.9 Å². The third kappa shape index (κ3) is 5.24. The number of non-ortho nitro benzene ring substituents is 1. The fourth-order valence-corrected chi connectivity index (χ4v) is 2.27. The number of anilines is 1. The van der Waals surface area contributed by atoms with Crippen LogP contribution >= 0.6 is 0 Å². The van der Waals surface area contributed by atoms with Crippen LogP contribution in [0.1, 0.15) is 26.3 Å². The quantitative estimate of drug-likeness (QED) is 0.351. The average molecular weight is 384 g/mol. The number of nitrogens with zero attached hydrogens (tertiary/aromatic N) is 1. The van der Waals surface area contributed by atoms with E-state index in [9.17, 15) is 24.5 Å². The summed E-state index contributed by atoms with van der Waals surface area (Å²) >= 11 is 0. The molecule has 2 rings (SSSR count). The van der Waals surface area contributed by atoms with Gasteiger partial charge in [-0.05, 0) is 29.8 Å². The summed E-state index contributed by atoms with van der Waals surface area (Å²) < 4.78 is 9.26. The SMILES string of the molecule is COC(=O)c1cc(NC(=O)/C=C/c2cccc([N+](=O)[O-])c2)cc(C(=O)OC)c1. The fraction of sp³-hybridized carbons (Fsp3) is 0.105. The molecule has 2 aromatic carbocycles. The first kappa shape index (κ1) is 20.3. The number of benzene rings is 2. The van der Waals surface area contributed by atoms with Gasteiger partial charge in [-0.3, -0.25) is 14.9 Å². The summed E-state index contributed by atoms with van der Waals surface area (Å²) in [5.74, 6) is -1.94. The number of hydrogen-bond donors (Lipinski definition) is 1. The molecule has 0 aromatic heterocycles. The lowest BCUT2D eigenvalue weighted by Crippen LogP contribution is -2.12. The molecule has 0 aliphatic rings. The number of hydrogen-bond acceptors (Lipinski definition) is 7. The number of carbonyl (C=O) groups is 3. The Bertz CT molecular complexity index is 932. The first-order valence-electron chi connectivity index (χ1n) is 7.89. The van der Waals surface area contributed by atoms with E-state index in [1.165, 1.54) is 62.8 Å². The van der Waals surface area contributed by atoms with E-state index < -0.39 is 22.8 Å². The molecule has 0 spiro atoms. The molecule has 0 atom stereocenters.